The second-order valence-electron chi connectivity index (χ2n) is 5.98. The summed E-state index contributed by atoms with van der Waals surface area (Å²) in [4.78, 5) is 27.9. The minimum Gasteiger partial charge on any atom is -0.368 e. The topological polar surface area (TPSA) is 52.7 Å². The molecule has 1 aliphatic heterocycles. The van der Waals surface area contributed by atoms with E-state index in [1.165, 1.54) is 0 Å². The summed E-state index contributed by atoms with van der Waals surface area (Å²) in [5, 5.41) is 3.32. The van der Waals surface area contributed by atoms with Crippen molar-refractivity contribution < 1.29 is 9.59 Å². The zero-order valence-electron chi connectivity index (χ0n) is 14.0. The van der Waals surface area contributed by atoms with Gasteiger partial charge < -0.3 is 15.1 Å². The van der Waals surface area contributed by atoms with Crippen LogP contribution in [-0.2, 0) is 4.79 Å². The van der Waals surface area contributed by atoms with Gasteiger partial charge in [-0.2, -0.15) is 0 Å². The second kappa shape index (κ2) is 7.57. The molecule has 1 heterocycles. The predicted molar refractivity (Wildman–Crippen MR) is 100 cm³/mol. The van der Waals surface area contributed by atoms with Gasteiger partial charge in [-0.05, 0) is 30.3 Å². The van der Waals surface area contributed by atoms with Crippen LogP contribution in [0.4, 0.5) is 11.4 Å². The zero-order valence-corrected chi connectivity index (χ0v) is 14.8. The van der Waals surface area contributed by atoms with E-state index in [0.717, 1.165) is 24.5 Å². The van der Waals surface area contributed by atoms with Gasteiger partial charge in [-0.1, -0.05) is 29.8 Å². The molecule has 3 rings (SSSR count). The Morgan fingerprint density at radius 2 is 1.72 bits per heavy atom. The van der Waals surface area contributed by atoms with Crippen molar-refractivity contribution in [3.05, 3.63) is 59.1 Å². The van der Waals surface area contributed by atoms with Crippen molar-refractivity contribution in [1.29, 1.82) is 0 Å². The van der Waals surface area contributed by atoms with Crippen molar-refractivity contribution in [2.45, 2.75) is 6.92 Å². The number of rotatable bonds is 3. The standard InChI is InChI=1S/C19H20ClN3O2/c1-14(24)22-9-11-23(12-10-22)16-6-4-5-15(13-16)21-19(25)17-7-2-3-8-18(17)20/h2-8,13H,9-12H2,1H3,(H,21,25). The van der Waals surface area contributed by atoms with Gasteiger partial charge in [0.1, 0.15) is 0 Å². The van der Waals surface area contributed by atoms with Crippen molar-refractivity contribution in [2.75, 3.05) is 36.4 Å². The highest BCUT2D eigenvalue weighted by Crippen LogP contribution is 2.22. The molecule has 130 valence electrons. The maximum absolute atomic E-state index is 12.4. The number of benzene rings is 2. The van der Waals surface area contributed by atoms with E-state index >= 15 is 0 Å². The highest BCUT2D eigenvalue weighted by molar-refractivity contribution is 6.34. The molecule has 1 saturated heterocycles. The number of hydrogen-bond donors (Lipinski definition) is 1. The molecule has 1 N–H and O–H groups in total. The molecule has 5 nitrogen and oxygen atoms in total. The lowest BCUT2D eigenvalue weighted by molar-refractivity contribution is -0.129. The van der Waals surface area contributed by atoms with Gasteiger partial charge in [-0.15, -0.1) is 0 Å². The van der Waals surface area contributed by atoms with Gasteiger partial charge in [0.2, 0.25) is 5.91 Å². The van der Waals surface area contributed by atoms with Crippen LogP contribution in [0.5, 0.6) is 0 Å². The number of carbonyl (C=O) groups excluding carboxylic acids is 2. The Morgan fingerprint density at radius 3 is 2.40 bits per heavy atom. The average molecular weight is 358 g/mol. The Bertz CT molecular complexity index is 786. The minimum atomic E-state index is -0.232. The lowest BCUT2D eigenvalue weighted by Gasteiger charge is -2.35. The summed E-state index contributed by atoms with van der Waals surface area (Å²) in [5.74, 6) is -0.121. The molecule has 0 radical (unpaired) electrons. The third kappa shape index (κ3) is 4.12. The molecule has 0 spiro atoms. The summed E-state index contributed by atoms with van der Waals surface area (Å²) in [6.45, 7) is 4.58. The van der Waals surface area contributed by atoms with Gasteiger partial charge >= 0.3 is 0 Å². The molecular weight excluding hydrogens is 338 g/mol. The number of amides is 2. The van der Waals surface area contributed by atoms with Crippen molar-refractivity contribution in [3.8, 4) is 0 Å². The molecule has 2 amide bonds. The van der Waals surface area contributed by atoms with E-state index in [2.05, 4.69) is 10.2 Å². The molecule has 6 heteroatoms. The largest absolute Gasteiger partial charge is 0.368 e. The number of carbonyl (C=O) groups is 2. The third-order valence-corrected chi connectivity index (χ3v) is 4.64. The SMILES string of the molecule is CC(=O)N1CCN(c2cccc(NC(=O)c3ccccc3Cl)c2)CC1. The lowest BCUT2D eigenvalue weighted by atomic mass is 10.2. The molecule has 0 atom stereocenters. The predicted octanol–water partition coefficient (Wildman–Crippen LogP) is 3.26. The lowest BCUT2D eigenvalue weighted by Crippen LogP contribution is -2.48. The van der Waals surface area contributed by atoms with E-state index < -0.39 is 0 Å². The van der Waals surface area contributed by atoms with E-state index in [1.54, 1.807) is 31.2 Å². The fourth-order valence-electron chi connectivity index (χ4n) is 2.90. The summed E-state index contributed by atoms with van der Waals surface area (Å²) in [7, 11) is 0. The highest BCUT2D eigenvalue weighted by atomic mass is 35.5. The van der Waals surface area contributed by atoms with Gasteiger partial charge in [-0.25, -0.2) is 0 Å². The van der Waals surface area contributed by atoms with E-state index in [1.807, 2.05) is 29.2 Å². The Labute approximate surface area is 152 Å². The first-order valence-corrected chi connectivity index (χ1v) is 8.59. The first-order valence-electron chi connectivity index (χ1n) is 8.21. The Hall–Kier alpha value is -2.53. The van der Waals surface area contributed by atoms with Crippen LogP contribution in [-0.4, -0.2) is 42.9 Å². The third-order valence-electron chi connectivity index (χ3n) is 4.31. The Kier molecular flexibility index (Phi) is 5.24. The molecular formula is C19H20ClN3O2. The molecule has 0 unspecified atom stereocenters. The summed E-state index contributed by atoms with van der Waals surface area (Å²) in [6, 6.07) is 14.7. The minimum absolute atomic E-state index is 0.111. The molecule has 2 aromatic rings. The van der Waals surface area contributed by atoms with Gasteiger partial charge in [0.15, 0.2) is 0 Å². The Morgan fingerprint density at radius 1 is 1.00 bits per heavy atom. The van der Waals surface area contributed by atoms with E-state index in [9.17, 15) is 9.59 Å². The zero-order chi connectivity index (χ0) is 17.8. The summed E-state index contributed by atoms with van der Waals surface area (Å²) >= 11 is 6.08. The summed E-state index contributed by atoms with van der Waals surface area (Å²) < 4.78 is 0. The molecule has 0 bridgehead atoms. The average Bonchev–Trinajstić information content (AvgIpc) is 2.62. The van der Waals surface area contributed by atoms with Crippen molar-refractivity contribution >= 4 is 34.8 Å². The molecule has 0 aromatic heterocycles. The number of piperazine rings is 1. The number of nitrogens with zero attached hydrogens (tertiary/aromatic N) is 2. The summed E-state index contributed by atoms with van der Waals surface area (Å²) in [6.07, 6.45) is 0. The summed E-state index contributed by atoms with van der Waals surface area (Å²) in [5.41, 5.74) is 2.20. The number of halogens is 1. The Balaban J connectivity index is 1.69. The van der Waals surface area contributed by atoms with Crippen LogP contribution in [0.3, 0.4) is 0 Å². The van der Waals surface area contributed by atoms with E-state index in [0.29, 0.717) is 23.7 Å². The first-order chi connectivity index (χ1) is 12.0. The van der Waals surface area contributed by atoms with Crippen LogP contribution in [0.25, 0.3) is 0 Å². The second-order valence-corrected chi connectivity index (χ2v) is 6.38. The smallest absolute Gasteiger partial charge is 0.257 e. The van der Waals surface area contributed by atoms with Gasteiger partial charge in [0.25, 0.3) is 5.91 Å². The van der Waals surface area contributed by atoms with Crippen LogP contribution in [0.15, 0.2) is 48.5 Å². The van der Waals surface area contributed by atoms with Gasteiger partial charge in [0, 0.05) is 44.5 Å². The normalized spacial score (nSPS) is 14.3. The highest BCUT2D eigenvalue weighted by Gasteiger charge is 2.19. The van der Waals surface area contributed by atoms with Crippen molar-refractivity contribution in [2.24, 2.45) is 0 Å². The molecule has 25 heavy (non-hydrogen) atoms. The number of nitrogens with one attached hydrogen (secondary N) is 1. The first kappa shape index (κ1) is 17.3. The van der Waals surface area contributed by atoms with Crippen molar-refractivity contribution in [3.63, 3.8) is 0 Å². The molecule has 0 aliphatic carbocycles. The van der Waals surface area contributed by atoms with Gasteiger partial charge in [0.05, 0.1) is 10.6 Å². The van der Waals surface area contributed by atoms with Crippen molar-refractivity contribution in [1.82, 2.24) is 4.90 Å². The maximum atomic E-state index is 12.4. The number of hydrogen-bond acceptors (Lipinski definition) is 3. The van der Waals surface area contributed by atoms with Gasteiger partial charge in [-0.3, -0.25) is 9.59 Å². The maximum Gasteiger partial charge on any atom is 0.257 e. The molecule has 1 aliphatic rings. The van der Waals surface area contributed by atoms with Crippen LogP contribution < -0.4 is 10.2 Å². The molecule has 2 aromatic carbocycles. The van der Waals surface area contributed by atoms with Crippen LogP contribution in [0.2, 0.25) is 5.02 Å². The quantitative estimate of drug-likeness (QED) is 0.917. The van der Waals surface area contributed by atoms with Crippen LogP contribution >= 0.6 is 11.6 Å². The van der Waals surface area contributed by atoms with Crippen LogP contribution in [0.1, 0.15) is 17.3 Å². The molecule has 0 saturated carbocycles. The van der Waals surface area contributed by atoms with Crippen LogP contribution in [0, 0.1) is 0 Å². The van der Waals surface area contributed by atoms with E-state index in [4.69, 9.17) is 11.6 Å². The van der Waals surface area contributed by atoms with E-state index in [-0.39, 0.29) is 11.8 Å². The number of anilines is 2. The fraction of sp³-hybridized carbons (Fsp3) is 0.263. The molecule has 1 fully saturated rings. The monoisotopic (exact) mass is 357 g/mol. The fourth-order valence-corrected chi connectivity index (χ4v) is 3.13.